The molecule has 0 radical (unpaired) electrons. The van der Waals surface area contributed by atoms with Gasteiger partial charge in [-0.2, -0.15) is 0 Å². The minimum atomic E-state index is -0.226. The molecule has 0 atom stereocenters. The standard InChI is InChI=1S/C19H22N2O3/c1-4-24-18-11-6-5-10-17(18)19(23)20-16-9-7-8-15(12-16)13-21(3)14(2)22/h5-12H,4,13H2,1-3H3,(H,20,23). The molecule has 5 nitrogen and oxygen atoms in total. The van der Waals surface area contributed by atoms with Crippen LogP contribution in [-0.4, -0.2) is 30.4 Å². The van der Waals surface area contributed by atoms with E-state index in [1.54, 1.807) is 30.1 Å². The van der Waals surface area contributed by atoms with E-state index in [0.717, 1.165) is 5.56 Å². The van der Waals surface area contributed by atoms with E-state index in [1.807, 2.05) is 37.3 Å². The van der Waals surface area contributed by atoms with Crippen LogP contribution in [0, 0.1) is 0 Å². The number of ether oxygens (including phenoxy) is 1. The van der Waals surface area contributed by atoms with E-state index in [4.69, 9.17) is 4.74 Å². The molecule has 2 aromatic rings. The van der Waals surface area contributed by atoms with Gasteiger partial charge < -0.3 is 15.0 Å². The van der Waals surface area contributed by atoms with Crippen LogP contribution in [0.1, 0.15) is 29.8 Å². The molecule has 24 heavy (non-hydrogen) atoms. The zero-order valence-corrected chi connectivity index (χ0v) is 14.2. The number of anilines is 1. The van der Waals surface area contributed by atoms with Crippen LogP contribution in [0.4, 0.5) is 5.69 Å². The van der Waals surface area contributed by atoms with Gasteiger partial charge in [-0.05, 0) is 36.8 Å². The van der Waals surface area contributed by atoms with E-state index in [-0.39, 0.29) is 11.8 Å². The summed E-state index contributed by atoms with van der Waals surface area (Å²) in [4.78, 5) is 25.4. The molecule has 2 amide bonds. The molecule has 0 unspecified atom stereocenters. The van der Waals surface area contributed by atoms with Crippen molar-refractivity contribution in [3.05, 3.63) is 59.7 Å². The smallest absolute Gasteiger partial charge is 0.259 e. The number of carbonyl (C=O) groups excluding carboxylic acids is 2. The maximum absolute atomic E-state index is 12.5. The van der Waals surface area contributed by atoms with E-state index >= 15 is 0 Å². The molecule has 0 aliphatic carbocycles. The lowest BCUT2D eigenvalue weighted by Crippen LogP contribution is -2.23. The lowest BCUT2D eigenvalue weighted by atomic mass is 10.1. The number of para-hydroxylation sites is 1. The second kappa shape index (κ2) is 8.15. The van der Waals surface area contributed by atoms with Crippen LogP contribution < -0.4 is 10.1 Å². The number of rotatable bonds is 6. The predicted octanol–water partition coefficient (Wildman–Crippen LogP) is 3.32. The average molecular weight is 326 g/mol. The molecule has 5 heteroatoms. The lowest BCUT2D eigenvalue weighted by Gasteiger charge is -2.16. The van der Waals surface area contributed by atoms with Crippen molar-refractivity contribution in [3.8, 4) is 5.75 Å². The molecule has 0 aliphatic heterocycles. The Morgan fingerprint density at radius 1 is 1.12 bits per heavy atom. The maximum atomic E-state index is 12.5. The molecule has 0 aromatic heterocycles. The molecule has 2 aromatic carbocycles. The zero-order chi connectivity index (χ0) is 17.5. The lowest BCUT2D eigenvalue weighted by molar-refractivity contribution is -0.128. The first-order chi connectivity index (χ1) is 11.5. The van der Waals surface area contributed by atoms with Gasteiger partial charge in [0.05, 0.1) is 12.2 Å². The summed E-state index contributed by atoms with van der Waals surface area (Å²) in [7, 11) is 1.74. The normalized spacial score (nSPS) is 10.1. The van der Waals surface area contributed by atoms with Crippen LogP contribution in [0.25, 0.3) is 0 Å². The van der Waals surface area contributed by atoms with Gasteiger partial charge in [0.15, 0.2) is 0 Å². The summed E-state index contributed by atoms with van der Waals surface area (Å²) in [5, 5.41) is 2.88. The van der Waals surface area contributed by atoms with Crippen molar-refractivity contribution in [2.24, 2.45) is 0 Å². The summed E-state index contributed by atoms with van der Waals surface area (Å²) in [6.45, 7) is 4.39. The first-order valence-electron chi connectivity index (χ1n) is 7.85. The summed E-state index contributed by atoms with van der Waals surface area (Å²) in [6, 6.07) is 14.6. The highest BCUT2D eigenvalue weighted by molar-refractivity contribution is 6.06. The van der Waals surface area contributed by atoms with Crippen molar-refractivity contribution in [2.75, 3.05) is 19.0 Å². The van der Waals surface area contributed by atoms with Gasteiger partial charge in [0.25, 0.3) is 5.91 Å². The monoisotopic (exact) mass is 326 g/mol. The number of amides is 2. The Bertz CT molecular complexity index is 728. The first-order valence-corrected chi connectivity index (χ1v) is 7.85. The van der Waals surface area contributed by atoms with E-state index in [1.165, 1.54) is 6.92 Å². The average Bonchev–Trinajstić information content (AvgIpc) is 2.55. The van der Waals surface area contributed by atoms with E-state index in [9.17, 15) is 9.59 Å². The third-order valence-electron chi connectivity index (χ3n) is 3.57. The third-order valence-corrected chi connectivity index (χ3v) is 3.57. The van der Waals surface area contributed by atoms with Crippen molar-refractivity contribution in [1.29, 1.82) is 0 Å². The molecule has 0 fully saturated rings. The number of benzene rings is 2. The molecule has 0 spiro atoms. The Labute approximate surface area is 142 Å². The van der Waals surface area contributed by atoms with Gasteiger partial charge in [-0.1, -0.05) is 24.3 Å². The molecule has 0 heterocycles. The van der Waals surface area contributed by atoms with Gasteiger partial charge in [0.1, 0.15) is 5.75 Å². The quantitative estimate of drug-likeness (QED) is 0.886. The Balaban J connectivity index is 2.14. The van der Waals surface area contributed by atoms with Crippen LogP contribution in [0.3, 0.4) is 0 Å². The minimum absolute atomic E-state index is 0.00456. The van der Waals surface area contributed by atoms with E-state index in [2.05, 4.69) is 5.32 Å². The van der Waals surface area contributed by atoms with Gasteiger partial charge in [-0.15, -0.1) is 0 Å². The molecular formula is C19H22N2O3. The predicted molar refractivity (Wildman–Crippen MR) is 94.2 cm³/mol. The first kappa shape index (κ1) is 17.5. The Kier molecular flexibility index (Phi) is 5.95. The largest absolute Gasteiger partial charge is 0.493 e. The maximum Gasteiger partial charge on any atom is 0.259 e. The highest BCUT2D eigenvalue weighted by atomic mass is 16.5. The molecule has 126 valence electrons. The van der Waals surface area contributed by atoms with Crippen LogP contribution >= 0.6 is 0 Å². The van der Waals surface area contributed by atoms with E-state index < -0.39 is 0 Å². The number of nitrogens with zero attached hydrogens (tertiary/aromatic N) is 1. The van der Waals surface area contributed by atoms with Crippen molar-refractivity contribution in [1.82, 2.24) is 4.90 Å². The number of hydrogen-bond acceptors (Lipinski definition) is 3. The van der Waals surface area contributed by atoms with Gasteiger partial charge in [0.2, 0.25) is 5.91 Å². The summed E-state index contributed by atoms with van der Waals surface area (Å²) in [6.07, 6.45) is 0. The third kappa shape index (κ3) is 4.59. The van der Waals surface area contributed by atoms with Gasteiger partial charge in [-0.3, -0.25) is 9.59 Å². The molecule has 0 saturated heterocycles. The SMILES string of the molecule is CCOc1ccccc1C(=O)Nc1cccc(CN(C)C(C)=O)c1. The van der Waals surface area contributed by atoms with E-state index in [0.29, 0.717) is 30.2 Å². The van der Waals surface area contributed by atoms with Gasteiger partial charge in [-0.25, -0.2) is 0 Å². The Morgan fingerprint density at radius 2 is 1.88 bits per heavy atom. The van der Waals surface area contributed by atoms with Gasteiger partial charge >= 0.3 is 0 Å². The zero-order valence-electron chi connectivity index (χ0n) is 14.2. The Hall–Kier alpha value is -2.82. The highest BCUT2D eigenvalue weighted by Gasteiger charge is 2.12. The summed E-state index contributed by atoms with van der Waals surface area (Å²) >= 11 is 0. The number of hydrogen-bond donors (Lipinski definition) is 1. The molecule has 1 N–H and O–H groups in total. The molecular weight excluding hydrogens is 304 g/mol. The topological polar surface area (TPSA) is 58.6 Å². The van der Waals surface area contributed by atoms with Crippen LogP contribution in [0.5, 0.6) is 5.75 Å². The molecule has 0 aliphatic rings. The highest BCUT2D eigenvalue weighted by Crippen LogP contribution is 2.20. The second-order valence-electron chi connectivity index (χ2n) is 5.46. The van der Waals surface area contributed by atoms with Crippen molar-refractivity contribution in [3.63, 3.8) is 0 Å². The fourth-order valence-electron chi connectivity index (χ4n) is 2.27. The molecule has 0 saturated carbocycles. The summed E-state index contributed by atoms with van der Waals surface area (Å²) in [5.74, 6) is 0.330. The van der Waals surface area contributed by atoms with Crippen molar-refractivity contribution in [2.45, 2.75) is 20.4 Å². The summed E-state index contributed by atoms with van der Waals surface area (Å²) in [5.41, 5.74) is 2.12. The second-order valence-corrected chi connectivity index (χ2v) is 5.46. The fraction of sp³-hybridized carbons (Fsp3) is 0.263. The number of carbonyl (C=O) groups is 2. The Morgan fingerprint density at radius 3 is 2.58 bits per heavy atom. The van der Waals surface area contributed by atoms with Crippen molar-refractivity contribution >= 4 is 17.5 Å². The molecule has 2 rings (SSSR count). The van der Waals surface area contributed by atoms with Crippen LogP contribution in [0.15, 0.2) is 48.5 Å². The van der Waals surface area contributed by atoms with Crippen LogP contribution in [-0.2, 0) is 11.3 Å². The van der Waals surface area contributed by atoms with Gasteiger partial charge in [0, 0.05) is 26.2 Å². The van der Waals surface area contributed by atoms with Crippen molar-refractivity contribution < 1.29 is 14.3 Å². The summed E-state index contributed by atoms with van der Waals surface area (Å²) < 4.78 is 5.49. The fourth-order valence-corrected chi connectivity index (χ4v) is 2.27. The number of nitrogens with one attached hydrogen (secondary N) is 1. The minimum Gasteiger partial charge on any atom is -0.493 e. The van der Waals surface area contributed by atoms with Crippen LogP contribution in [0.2, 0.25) is 0 Å². The molecule has 0 bridgehead atoms.